The summed E-state index contributed by atoms with van der Waals surface area (Å²) in [7, 11) is 1.45. The molecule has 1 fully saturated rings. The van der Waals surface area contributed by atoms with Gasteiger partial charge < -0.3 is 15.0 Å². The number of hydrogen-bond donors (Lipinski definition) is 3. The maximum absolute atomic E-state index is 14.5. The molecule has 1 aliphatic heterocycles. The molecule has 11 nitrogen and oxygen atoms in total. The number of anilines is 1. The molecule has 0 spiro atoms. The Morgan fingerprint density at radius 1 is 1.12 bits per heavy atom. The number of nitrogens with one attached hydrogen (secondary N) is 3. The van der Waals surface area contributed by atoms with Crippen molar-refractivity contribution >= 4 is 28.5 Å². The van der Waals surface area contributed by atoms with Crippen LogP contribution < -0.4 is 10.1 Å². The molecule has 0 radical (unpaired) electrons. The van der Waals surface area contributed by atoms with Gasteiger partial charge >= 0.3 is 0 Å². The summed E-state index contributed by atoms with van der Waals surface area (Å²) in [5.74, 6) is -0.481. The average Bonchev–Trinajstić information content (AvgIpc) is 3.73. The van der Waals surface area contributed by atoms with E-state index in [-0.39, 0.29) is 35.1 Å². The second kappa shape index (κ2) is 10.3. The van der Waals surface area contributed by atoms with Gasteiger partial charge in [-0.25, -0.2) is 4.39 Å². The number of nitrogens with zero attached hydrogens (tertiary/aromatic N) is 5. The molecule has 2 aromatic carbocycles. The van der Waals surface area contributed by atoms with Gasteiger partial charge in [0.1, 0.15) is 11.5 Å². The third-order valence-corrected chi connectivity index (χ3v) is 7.16. The molecule has 5 aromatic rings. The third kappa shape index (κ3) is 4.57. The minimum absolute atomic E-state index is 0.144. The highest BCUT2D eigenvalue weighted by atomic mass is 19.1. The number of ether oxygens (including phenoxy) is 1. The lowest BCUT2D eigenvalue weighted by atomic mass is 9.99. The second-order valence-electron chi connectivity index (χ2n) is 9.74. The van der Waals surface area contributed by atoms with Crippen LogP contribution in [0.2, 0.25) is 0 Å². The van der Waals surface area contributed by atoms with Gasteiger partial charge in [0.25, 0.3) is 11.8 Å². The zero-order valence-electron chi connectivity index (χ0n) is 21.9. The summed E-state index contributed by atoms with van der Waals surface area (Å²) in [6.45, 7) is 2.43. The van der Waals surface area contributed by atoms with E-state index in [2.05, 4.69) is 30.8 Å². The van der Waals surface area contributed by atoms with E-state index in [0.29, 0.717) is 30.0 Å². The number of piperidine rings is 1. The first-order valence-corrected chi connectivity index (χ1v) is 12.9. The smallest absolute Gasteiger partial charge is 0.275 e. The molecule has 4 heterocycles. The molecular formula is C28H27FN8O3. The zero-order valence-corrected chi connectivity index (χ0v) is 21.9. The van der Waals surface area contributed by atoms with E-state index in [1.165, 1.54) is 23.9 Å². The van der Waals surface area contributed by atoms with E-state index in [1.54, 1.807) is 47.5 Å². The highest BCUT2D eigenvalue weighted by Gasteiger charge is 2.32. The molecular weight excluding hydrogens is 515 g/mol. The summed E-state index contributed by atoms with van der Waals surface area (Å²) in [6.07, 6.45) is 4.14. The van der Waals surface area contributed by atoms with Crippen molar-refractivity contribution in [1.29, 1.82) is 0 Å². The van der Waals surface area contributed by atoms with Crippen molar-refractivity contribution in [3.05, 3.63) is 83.1 Å². The molecule has 40 heavy (non-hydrogen) atoms. The molecule has 1 unspecified atom stereocenters. The number of carbonyl (C=O) groups excluding carboxylic acids is 2. The summed E-state index contributed by atoms with van der Waals surface area (Å²) in [5, 5.41) is 22.3. The number of carbonyl (C=O) groups is 2. The molecule has 12 heteroatoms. The molecule has 3 aromatic heterocycles. The zero-order chi connectivity index (χ0) is 27.8. The van der Waals surface area contributed by atoms with E-state index in [4.69, 9.17) is 4.74 Å². The first-order valence-electron chi connectivity index (χ1n) is 12.9. The highest BCUT2D eigenvalue weighted by molar-refractivity contribution is 6.06. The van der Waals surface area contributed by atoms with Gasteiger partial charge in [0.15, 0.2) is 11.5 Å². The number of fused-ring (bicyclic) bond motifs is 1. The lowest BCUT2D eigenvalue weighted by Crippen LogP contribution is -2.39. The molecule has 0 saturated carbocycles. The van der Waals surface area contributed by atoms with Gasteiger partial charge in [0.2, 0.25) is 5.88 Å². The highest BCUT2D eigenvalue weighted by Crippen LogP contribution is 2.33. The van der Waals surface area contributed by atoms with Gasteiger partial charge in [-0.2, -0.15) is 20.0 Å². The quantitative estimate of drug-likeness (QED) is 0.288. The Morgan fingerprint density at radius 2 is 1.98 bits per heavy atom. The number of aryl methyl sites for hydroxylation is 1. The normalized spacial score (nSPS) is 15.4. The van der Waals surface area contributed by atoms with Gasteiger partial charge in [0.05, 0.1) is 30.6 Å². The topological polar surface area (TPSA) is 134 Å². The van der Waals surface area contributed by atoms with Gasteiger partial charge in [-0.15, -0.1) is 0 Å². The lowest BCUT2D eigenvalue weighted by Gasteiger charge is -2.34. The Hall–Kier alpha value is -5.00. The van der Waals surface area contributed by atoms with Crippen molar-refractivity contribution in [3.63, 3.8) is 0 Å². The van der Waals surface area contributed by atoms with Crippen LogP contribution in [-0.2, 0) is 0 Å². The maximum atomic E-state index is 14.5. The second-order valence-corrected chi connectivity index (χ2v) is 9.74. The van der Waals surface area contributed by atoms with E-state index in [1.807, 2.05) is 6.92 Å². The Morgan fingerprint density at radius 3 is 2.80 bits per heavy atom. The minimum Gasteiger partial charge on any atom is -0.481 e. The van der Waals surface area contributed by atoms with Crippen LogP contribution in [0.4, 0.5) is 10.2 Å². The van der Waals surface area contributed by atoms with Crippen LogP contribution in [0.15, 0.2) is 54.7 Å². The standard InChI is InChI=1S/C28H27FN8O3/c1-16-11-17(12-18-15-30-34-26(16)18)27(38)31-24-13-20(32-33-24)23-9-5-6-10-36(23)28(39)21-14-25(40-2)37(35-21)22-8-4-3-7-19(22)29/h3-4,7-8,11-15,23H,5-6,9-10H2,1-2H3,(H,30,34)(H2,31,32,33,38). The largest absolute Gasteiger partial charge is 0.481 e. The third-order valence-electron chi connectivity index (χ3n) is 7.16. The fraction of sp³-hybridized carbons (Fsp3) is 0.250. The summed E-state index contributed by atoms with van der Waals surface area (Å²) in [4.78, 5) is 28.4. The van der Waals surface area contributed by atoms with Crippen LogP contribution in [0.5, 0.6) is 5.88 Å². The fourth-order valence-electron chi connectivity index (χ4n) is 5.18. The van der Waals surface area contributed by atoms with Gasteiger partial charge in [-0.05, 0) is 56.0 Å². The summed E-state index contributed by atoms with van der Waals surface area (Å²) >= 11 is 0. The number of methoxy groups -OCH3 is 1. The molecule has 2 amide bonds. The van der Waals surface area contributed by atoms with E-state index >= 15 is 0 Å². The van der Waals surface area contributed by atoms with Crippen LogP contribution >= 0.6 is 0 Å². The predicted octanol–water partition coefficient (Wildman–Crippen LogP) is 4.55. The molecule has 0 aliphatic carbocycles. The Bertz CT molecular complexity index is 1720. The monoisotopic (exact) mass is 542 g/mol. The van der Waals surface area contributed by atoms with E-state index in [9.17, 15) is 14.0 Å². The van der Waals surface area contributed by atoms with Gasteiger partial charge in [-0.3, -0.25) is 19.8 Å². The number of aromatic amines is 2. The number of aromatic nitrogens is 6. The van der Waals surface area contributed by atoms with Crippen LogP contribution in [0.1, 0.15) is 57.4 Å². The number of benzene rings is 2. The molecule has 6 rings (SSSR count). The van der Waals surface area contributed by atoms with Crippen molar-refractivity contribution < 1.29 is 18.7 Å². The number of rotatable bonds is 6. The van der Waals surface area contributed by atoms with Crippen LogP contribution in [-0.4, -0.2) is 60.5 Å². The van der Waals surface area contributed by atoms with E-state index < -0.39 is 5.82 Å². The number of H-pyrrole nitrogens is 2. The fourth-order valence-corrected chi connectivity index (χ4v) is 5.18. The Balaban J connectivity index is 1.23. The number of halogens is 1. The summed E-state index contributed by atoms with van der Waals surface area (Å²) < 4.78 is 21.1. The van der Waals surface area contributed by atoms with Crippen molar-refractivity contribution in [3.8, 4) is 11.6 Å². The lowest BCUT2D eigenvalue weighted by molar-refractivity contribution is 0.0599. The Labute approximate surface area is 228 Å². The number of amides is 2. The molecule has 3 N–H and O–H groups in total. The number of para-hydroxylation sites is 1. The van der Waals surface area contributed by atoms with Crippen LogP contribution in [0.25, 0.3) is 16.6 Å². The first kappa shape index (κ1) is 25.3. The Kier molecular flexibility index (Phi) is 6.50. The minimum atomic E-state index is -0.481. The van der Waals surface area contributed by atoms with Gasteiger partial charge in [0, 0.05) is 29.6 Å². The average molecular weight is 543 g/mol. The summed E-state index contributed by atoms with van der Waals surface area (Å²) in [6, 6.07) is 12.7. The van der Waals surface area contributed by atoms with E-state index in [0.717, 1.165) is 29.3 Å². The SMILES string of the molecule is COc1cc(C(=O)N2CCCCC2c2cc(NC(=O)c3cc(C)c4[nH]ncc4c3)n[nH]2)nn1-c1ccccc1F. The summed E-state index contributed by atoms with van der Waals surface area (Å²) in [5.41, 5.74) is 3.31. The molecule has 0 bridgehead atoms. The van der Waals surface area contributed by atoms with Gasteiger partial charge in [-0.1, -0.05) is 12.1 Å². The predicted molar refractivity (Wildman–Crippen MR) is 145 cm³/mol. The number of likely N-dealkylation sites (tertiary alicyclic amines) is 1. The van der Waals surface area contributed by atoms with Crippen molar-refractivity contribution in [2.75, 3.05) is 19.0 Å². The van der Waals surface area contributed by atoms with Crippen LogP contribution in [0.3, 0.4) is 0 Å². The maximum Gasteiger partial charge on any atom is 0.275 e. The van der Waals surface area contributed by atoms with Crippen LogP contribution in [0, 0.1) is 12.7 Å². The number of hydrogen-bond acceptors (Lipinski definition) is 6. The molecule has 204 valence electrons. The molecule has 1 saturated heterocycles. The molecule has 1 aliphatic rings. The van der Waals surface area contributed by atoms with Crippen molar-refractivity contribution in [2.45, 2.75) is 32.2 Å². The van der Waals surface area contributed by atoms with Crippen molar-refractivity contribution in [2.24, 2.45) is 0 Å². The van der Waals surface area contributed by atoms with Crippen molar-refractivity contribution in [1.82, 2.24) is 35.1 Å². The first-order chi connectivity index (χ1) is 19.4. The molecule has 1 atom stereocenters.